The van der Waals surface area contributed by atoms with Gasteiger partial charge in [-0.3, -0.25) is 4.79 Å². The molecule has 0 aliphatic carbocycles. The Bertz CT molecular complexity index is 764. The van der Waals surface area contributed by atoms with Crippen LogP contribution in [0.1, 0.15) is 17.5 Å². The maximum Gasteiger partial charge on any atom is 0.240 e. The van der Waals surface area contributed by atoms with Crippen molar-refractivity contribution >= 4 is 12.1 Å². The lowest BCUT2D eigenvalue weighted by molar-refractivity contribution is -0.121. The minimum absolute atomic E-state index is 0.149. The Hall–Kier alpha value is -3.26. The predicted octanol–water partition coefficient (Wildman–Crippen LogP) is 2.79. The standard InChI is InChI=1S/C20H20N2O3/c1-3-13-25-19-11-10-18(24-2)14-17(19)15-21-22-20(23)12-9-16-7-5-4-6-8-16/h1,4-8,10-11,14-15H,9,12-13H2,2H3,(H,22,23)/b21-15+. The number of carbonyl (C=O) groups excluding carboxylic acids is 1. The summed E-state index contributed by atoms with van der Waals surface area (Å²) in [6.07, 6.45) is 7.75. The maximum absolute atomic E-state index is 11.9. The van der Waals surface area contributed by atoms with Crippen LogP contribution in [0, 0.1) is 12.3 Å². The molecule has 2 rings (SSSR count). The van der Waals surface area contributed by atoms with Crippen LogP contribution in [-0.2, 0) is 11.2 Å². The number of methoxy groups -OCH3 is 1. The van der Waals surface area contributed by atoms with Gasteiger partial charge in [-0.05, 0) is 30.2 Å². The van der Waals surface area contributed by atoms with Crippen molar-refractivity contribution in [2.75, 3.05) is 13.7 Å². The van der Waals surface area contributed by atoms with Gasteiger partial charge in [0.15, 0.2) is 0 Å². The fraction of sp³-hybridized carbons (Fsp3) is 0.200. The van der Waals surface area contributed by atoms with Gasteiger partial charge in [-0.2, -0.15) is 5.10 Å². The SMILES string of the molecule is C#CCOc1ccc(OC)cc1/C=N/NC(=O)CCc1ccccc1. The Balaban J connectivity index is 1.93. The highest BCUT2D eigenvalue weighted by atomic mass is 16.5. The normalized spacial score (nSPS) is 10.2. The molecule has 0 radical (unpaired) electrons. The molecule has 0 fully saturated rings. The van der Waals surface area contributed by atoms with Gasteiger partial charge < -0.3 is 9.47 Å². The molecule has 0 aliphatic heterocycles. The van der Waals surface area contributed by atoms with Crippen molar-refractivity contribution in [3.8, 4) is 23.8 Å². The molecule has 1 N–H and O–H groups in total. The third-order valence-corrected chi connectivity index (χ3v) is 3.40. The zero-order valence-electron chi connectivity index (χ0n) is 14.1. The molecule has 0 unspecified atom stereocenters. The van der Waals surface area contributed by atoms with Crippen LogP contribution in [0.25, 0.3) is 0 Å². The van der Waals surface area contributed by atoms with Crippen LogP contribution in [0.4, 0.5) is 0 Å². The number of benzene rings is 2. The summed E-state index contributed by atoms with van der Waals surface area (Å²) in [7, 11) is 1.57. The maximum atomic E-state index is 11.9. The second-order valence-electron chi connectivity index (χ2n) is 5.18. The fourth-order valence-corrected chi connectivity index (χ4v) is 2.14. The lowest BCUT2D eigenvalue weighted by atomic mass is 10.1. The zero-order chi connectivity index (χ0) is 17.9. The van der Waals surface area contributed by atoms with Crippen LogP contribution in [0.15, 0.2) is 53.6 Å². The fourth-order valence-electron chi connectivity index (χ4n) is 2.14. The van der Waals surface area contributed by atoms with Crippen LogP contribution in [-0.4, -0.2) is 25.8 Å². The molecule has 25 heavy (non-hydrogen) atoms. The van der Waals surface area contributed by atoms with Gasteiger partial charge in [-0.1, -0.05) is 36.3 Å². The molecule has 2 aromatic rings. The molecular formula is C20H20N2O3. The Morgan fingerprint density at radius 2 is 2.08 bits per heavy atom. The minimum Gasteiger partial charge on any atom is -0.497 e. The van der Waals surface area contributed by atoms with Gasteiger partial charge in [0.2, 0.25) is 5.91 Å². The van der Waals surface area contributed by atoms with Gasteiger partial charge >= 0.3 is 0 Å². The van der Waals surface area contributed by atoms with Gasteiger partial charge in [0, 0.05) is 12.0 Å². The number of hydrogen-bond acceptors (Lipinski definition) is 4. The number of terminal acetylenes is 1. The lowest BCUT2D eigenvalue weighted by Crippen LogP contribution is -2.18. The average Bonchev–Trinajstić information content (AvgIpc) is 2.66. The molecule has 0 heterocycles. The molecule has 128 valence electrons. The molecule has 5 nitrogen and oxygen atoms in total. The van der Waals surface area contributed by atoms with E-state index in [1.807, 2.05) is 30.3 Å². The molecule has 0 saturated heterocycles. The smallest absolute Gasteiger partial charge is 0.240 e. The Morgan fingerprint density at radius 1 is 1.28 bits per heavy atom. The van der Waals surface area contributed by atoms with E-state index in [9.17, 15) is 4.79 Å². The van der Waals surface area contributed by atoms with Crippen LogP contribution in [0.5, 0.6) is 11.5 Å². The van der Waals surface area contributed by atoms with Crippen LogP contribution in [0.3, 0.4) is 0 Å². The number of carbonyl (C=O) groups is 1. The summed E-state index contributed by atoms with van der Waals surface area (Å²) in [5.41, 5.74) is 4.29. The molecule has 0 aromatic heterocycles. The number of ether oxygens (including phenoxy) is 2. The van der Waals surface area contributed by atoms with Crippen molar-refractivity contribution in [2.45, 2.75) is 12.8 Å². The average molecular weight is 336 g/mol. The molecular weight excluding hydrogens is 316 g/mol. The summed E-state index contributed by atoms with van der Waals surface area (Å²) >= 11 is 0. The number of rotatable bonds is 8. The highest BCUT2D eigenvalue weighted by Crippen LogP contribution is 2.22. The van der Waals surface area contributed by atoms with Crippen molar-refractivity contribution < 1.29 is 14.3 Å². The number of nitrogens with zero attached hydrogens (tertiary/aromatic N) is 1. The summed E-state index contributed by atoms with van der Waals surface area (Å²) in [6, 6.07) is 15.1. The van der Waals surface area contributed by atoms with E-state index in [1.54, 1.807) is 25.3 Å². The summed E-state index contributed by atoms with van der Waals surface area (Å²) < 4.78 is 10.6. The molecule has 0 aliphatic rings. The van der Waals surface area contributed by atoms with Crippen LogP contribution < -0.4 is 14.9 Å². The topological polar surface area (TPSA) is 59.9 Å². The van der Waals surface area contributed by atoms with Gasteiger partial charge in [0.1, 0.15) is 18.1 Å². The molecule has 0 bridgehead atoms. The third-order valence-electron chi connectivity index (χ3n) is 3.40. The first-order chi connectivity index (χ1) is 12.2. The van der Waals surface area contributed by atoms with Crippen molar-refractivity contribution in [1.29, 1.82) is 0 Å². The molecule has 1 amide bonds. The van der Waals surface area contributed by atoms with E-state index in [1.165, 1.54) is 6.21 Å². The summed E-state index contributed by atoms with van der Waals surface area (Å²) in [5.74, 6) is 3.48. The second-order valence-corrected chi connectivity index (χ2v) is 5.18. The largest absolute Gasteiger partial charge is 0.497 e. The number of hydrazone groups is 1. The van der Waals surface area contributed by atoms with Crippen molar-refractivity contribution in [1.82, 2.24) is 5.43 Å². The highest BCUT2D eigenvalue weighted by Gasteiger charge is 2.05. The Labute approximate surface area is 147 Å². The van der Waals surface area contributed by atoms with Crippen molar-refractivity contribution in [3.63, 3.8) is 0 Å². The second kappa shape index (κ2) is 9.78. The number of nitrogens with one attached hydrogen (secondary N) is 1. The third kappa shape index (κ3) is 6.04. The van der Waals surface area contributed by atoms with E-state index >= 15 is 0 Å². The molecule has 0 saturated carbocycles. The van der Waals surface area contributed by atoms with Crippen LogP contribution >= 0.6 is 0 Å². The van der Waals surface area contributed by atoms with E-state index in [0.29, 0.717) is 29.9 Å². The summed E-state index contributed by atoms with van der Waals surface area (Å²) in [6.45, 7) is 0.149. The summed E-state index contributed by atoms with van der Waals surface area (Å²) in [4.78, 5) is 11.9. The first kappa shape index (κ1) is 18.1. The van der Waals surface area contributed by atoms with E-state index in [4.69, 9.17) is 15.9 Å². The monoisotopic (exact) mass is 336 g/mol. The van der Waals surface area contributed by atoms with E-state index in [2.05, 4.69) is 16.4 Å². The number of amides is 1. The molecule has 0 atom stereocenters. The van der Waals surface area contributed by atoms with Crippen LogP contribution in [0.2, 0.25) is 0 Å². The number of aryl methyl sites for hydroxylation is 1. The number of hydrogen-bond donors (Lipinski definition) is 1. The first-order valence-electron chi connectivity index (χ1n) is 7.83. The van der Waals surface area contributed by atoms with Gasteiger partial charge in [0.25, 0.3) is 0 Å². The minimum atomic E-state index is -0.158. The summed E-state index contributed by atoms with van der Waals surface area (Å²) in [5, 5.41) is 3.99. The zero-order valence-corrected chi connectivity index (χ0v) is 14.1. The molecule has 0 spiro atoms. The van der Waals surface area contributed by atoms with E-state index in [0.717, 1.165) is 5.56 Å². The van der Waals surface area contributed by atoms with Crippen molar-refractivity contribution in [2.24, 2.45) is 5.10 Å². The van der Waals surface area contributed by atoms with Gasteiger partial charge in [-0.15, -0.1) is 6.42 Å². The quantitative estimate of drug-likeness (QED) is 0.458. The Kier molecular flexibility index (Phi) is 7.08. The lowest BCUT2D eigenvalue weighted by Gasteiger charge is -2.08. The molecule has 5 heteroatoms. The first-order valence-corrected chi connectivity index (χ1v) is 7.83. The molecule has 2 aromatic carbocycles. The predicted molar refractivity (Wildman–Crippen MR) is 97.8 cm³/mol. The van der Waals surface area contributed by atoms with E-state index in [-0.39, 0.29) is 12.5 Å². The highest BCUT2D eigenvalue weighted by molar-refractivity contribution is 5.85. The van der Waals surface area contributed by atoms with Crippen molar-refractivity contribution in [3.05, 3.63) is 59.7 Å². The van der Waals surface area contributed by atoms with E-state index < -0.39 is 0 Å². The Morgan fingerprint density at radius 3 is 2.80 bits per heavy atom. The van der Waals surface area contributed by atoms with Gasteiger partial charge in [-0.25, -0.2) is 5.43 Å². The van der Waals surface area contributed by atoms with Gasteiger partial charge in [0.05, 0.1) is 13.3 Å².